The number of aromatic nitrogens is 1. The van der Waals surface area contributed by atoms with E-state index < -0.39 is 5.82 Å². The fraction of sp³-hybridized carbons (Fsp3) is 0.111. The Morgan fingerprint density at radius 2 is 1.91 bits per heavy atom. The van der Waals surface area contributed by atoms with Crippen molar-refractivity contribution in [3.8, 4) is 11.1 Å². The zero-order chi connectivity index (χ0) is 16.6. The summed E-state index contributed by atoms with van der Waals surface area (Å²) in [5, 5.41) is 1.33. The van der Waals surface area contributed by atoms with E-state index in [4.69, 9.17) is 11.6 Å². The van der Waals surface area contributed by atoms with Crippen molar-refractivity contribution < 1.29 is 9.18 Å². The van der Waals surface area contributed by atoms with Gasteiger partial charge in [-0.15, -0.1) is 0 Å². The third-order valence-corrected chi connectivity index (χ3v) is 3.95. The van der Waals surface area contributed by atoms with Gasteiger partial charge in [-0.1, -0.05) is 23.7 Å². The topological polar surface area (TPSA) is 33.2 Å². The van der Waals surface area contributed by atoms with Crippen LogP contribution in [0.25, 0.3) is 22.0 Å². The molecule has 0 N–H and O–H groups in total. The molecule has 0 radical (unpaired) electrons. The van der Waals surface area contributed by atoms with Crippen molar-refractivity contribution in [2.24, 2.45) is 0 Å². The highest BCUT2D eigenvalue weighted by Crippen LogP contribution is 2.29. The molecule has 0 unspecified atom stereocenters. The molecule has 5 heteroatoms. The van der Waals surface area contributed by atoms with Gasteiger partial charge in [0.2, 0.25) is 0 Å². The van der Waals surface area contributed by atoms with Crippen LogP contribution in [0, 0.1) is 5.82 Å². The van der Waals surface area contributed by atoms with E-state index in [0.29, 0.717) is 21.7 Å². The smallest absolute Gasteiger partial charge is 0.253 e. The lowest BCUT2D eigenvalue weighted by atomic mass is 10.0. The Kier molecular flexibility index (Phi) is 4.01. The summed E-state index contributed by atoms with van der Waals surface area (Å²) in [6.07, 6.45) is 1.63. The van der Waals surface area contributed by atoms with Gasteiger partial charge in [-0.3, -0.25) is 9.78 Å². The van der Waals surface area contributed by atoms with Gasteiger partial charge in [0, 0.05) is 36.8 Å². The highest BCUT2D eigenvalue weighted by molar-refractivity contribution is 6.35. The molecule has 0 spiro atoms. The van der Waals surface area contributed by atoms with Gasteiger partial charge >= 0.3 is 0 Å². The molecule has 1 heterocycles. The molecule has 0 saturated carbocycles. The van der Waals surface area contributed by atoms with Gasteiger partial charge in [0.25, 0.3) is 5.91 Å². The van der Waals surface area contributed by atoms with Crippen molar-refractivity contribution in [1.29, 1.82) is 0 Å². The summed E-state index contributed by atoms with van der Waals surface area (Å²) < 4.78 is 14.4. The largest absolute Gasteiger partial charge is 0.345 e. The lowest BCUT2D eigenvalue weighted by Crippen LogP contribution is -2.21. The van der Waals surface area contributed by atoms with Crippen molar-refractivity contribution >= 4 is 28.4 Å². The molecule has 0 fully saturated rings. The van der Waals surface area contributed by atoms with Gasteiger partial charge in [-0.05, 0) is 35.9 Å². The molecule has 0 atom stereocenters. The number of benzene rings is 2. The SMILES string of the molecule is CN(C)C(=O)c1ccc(-c2ccc3nccc(Cl)c3c2)c(F)c1. The molecule has 0 bridgehead atoms. The Bertz CT molecular complexity index is 909. The monoisotopic (exact) mass is 328 g/mol. The summed E-state index contributed by atoms with van der Waals surface area (Å²) in [5.41, 5.74) is 2.17. The van der Waals surface area contributed by atoms with E-state index in [1.165, 1.54) is 11.0 Å². The predicted octanol–water partition coefficient (Wildman–Crippen LogP) is 4.40. The van der Waals surface area contributed by atoms with Crippen molar-refractivity contribution in [2.45, 2.75) is 0 Å². The molecule has 0 aliphatic rings. The molecule has 0 aliphatic carbocycles. The fourth-order valence-electron chi connectivity index (χ4n) is 2.42. The Morgan fingerprint density at radius 1 is 1.13 bits per heavy atom. The van der Waals surface area contributed by atoms with Crippen LogP contribution < -0.4 is 0 Å². The normalized spacial score (nSPS) is 10.8. The highest BCUT2D eigenvalue weighted by atomic mass is 35.5. The first-order chi connectivity index (χ1) is 11.0. The number of fused-ring (bicyclic) bond motifs is 1. The fourth-order valence-corrected chi connectivity index (χ4v) is 2.63. The molecular weight excluding hydrogens is 315 g/mol. The molecule has 23 heavy (non-hydrogen) atoms. The van der Waals surface area contributed by atoms with Crippen LogP contribution in [0.2, 0.25) is 5.02 Å². The van der Waals surface area contributed by atoms with E-state index >= 15 is 0 Å². The second-order valence-corrected chi connectivity index (χ2v) is 5.83. The van der Waals surface area contributed by atoms with Gasteiger partial charge in [0.1, 0.15) is 5.82 Å². The van der Waals surface area contributed by atoms with Crippen LogP contribution in [-0.2, 0) is 0 Å². The maximum Gasteiger partial charge on any atom is 0.253 e. The van der Waals surface area contributed by atoms with E-state index in [1.807, 2.05) is 0 Å². The van der Waals surface area contributed by atoms with Crippen LogP contribution in [-0.4, -0.2) is 29.9 Å². The number of pyridine rings is 1. The Balaban J connectivity index is 2.08. The number of nitrogens with zero attached hydrogens (tertiary/aromatic N) is 2. The van der Waals surface area contributed by atoms with Crippen LogP contribution in [0.3, 0.4) is 0 Å². The number of rotatable bonds is 2. The quantitative estimate of drug-likeness (QED) is 0.698. The molecule has 1 amide bonds. The first-order valence-electron chi connectivity index (χ1n) is 7.03. The van der Waals surface area contributed by atoms with Crippen molar-refractivity contribution in [1.82, 2.24) is 9.88 Å². The molecule has 0 saturated heterocycles. The van der Waals surface area contributed by atoms with E-state index in [-0.39, 0.29) is 5.91 Å². The van der Waals surface area contributed by atoms with Crippen LogP contribution in [0.4, 0.5) is 4.39 Å². The summed E-state index contributed by atoms with van der Waals surface area (Å²) in [6.45, 7) is 0. The van der Waals surface area contributed by atoms with Crippen molar-refractivity contribution in [2.75, 3.05) is 14.1 Å². The van der Waals surface area contributed by atoms with Crippen LogP contribution in [0.5, 0.6) is 0 Å². The lowest BCUT2D eigenvalue weighted by Gasteiger charge is -2.12. The number of carbonyl (C=O) groups is 1. The van der Waals surface area contributed by atoms with Crippen LogP contribution in [0.15, 0.2) is 48.7 Å². The third kappa shape index (κ3) is 2.90. The molecule has 0 aliphatic heterocycles. The van der Waals surface area contributed by atoms with E-state index in [2.05, 4.69) is 4.98 Å². The minimum atomic E-state index is -0.447. The van der Waals surface area contributed by atoms with Gasteiger partial charge in [0.15, 0.2) is 0 Å². The Labute approximate surface area is 138 Å². The molecule has 116 valence electrons. The van der Waals surface area contributed by atoms with Gasteiger partial charge in [-0.25, -0.2) is 4.39 Å². The average Bonchev–Trinajstić information content (AvgIpc) is 2.54. The van der Waals surface area contributed by atoms with Crippen LogP contribution >= 0.6 is 11.6 Å². The number of hydrogen-bond donors (Lipinski definition) is 0. The molecule has 3 aromatic rings. The maximum atomic E-state index is 14.4. The van der Waals surface area contributed by atoms with Gasteiger partial charge in [0.05, 0.1) is 10.5 Å². The first kappa shape index (κ1) is 15.4. The van der Waals surface area contributed by atoms with Gasteiger partial charge < -0.3 is 4.90 Å². The minimum Gasteiger partial charge on any atom is -0.345 e. The summed E-state index contributed by atoms with van der Waals surface area (Å²) in [5.74, 6) is -0.682. The Morgan fingerprint density at radius 3 is 2.61 bits per heavy atom. The van der Waals surface area contributed by atoms with E-state index in [1.54, 1.807) is 56.7 Å². The zero-order valence-electron chi connectivity index (χ0n) is 12.7. The van der Waals surface area contributed by atoms with E-state index in [0.717, 1.165) is 10.9 Å². The zero-order valence-corrected chi connectivity index (χ0v) is 13.4. The molecule has 3 nitrogen and oxygen atoms in total. The van der Waals surface area contributed by atoms with Crippen LogP contribution in [0.1, 0.15) is 10.4 Å². The lowest BCUT2D eigenvalue weighted by molar-refractivity contribution is 0.0827. The van der Waals surface area contributed by atoms with Crippen molar-refractivity contribution in [3.05, 3.63) is 65.1 Å². The number of carbonyl (C=O) groups excluding carboxylic acids is 1. The number of amides is 1. The first-order valence-corrected chi connectivity index (χ1v) is 7.41. The van der Waals surface area contributed by atoms with Crippen molar-refractivity contribution in [3.63, 3.8) is 0 Å². The molecule has 2 aromatic carbocycles. The average molecular weight is 329 g/mol. The Hall–Kier alpha value is -2.46. The maximum absolute atomic E-state index is 14.4. The number of hydrogen-bond acceptors (Lipinski definition) is 2. The van der Waals surface area contributed by atoms with Gasteiger partial charge in [-0.2, -0.15) is 0 Å². The standard InChI is InChI=1S/C18H14ClFN2O/c1-22(2)18(23)12-3-5-13(16(20)10-12)11-4-6-17-14(9-11)15(19)7-8-21-17/h3-10H,1-2H3. The summed E-state index contributed by atoms with van der Waals surface area (Å²) in [6, 6.07) is 11.6. The summed E-state index contributed by atoms with van der Waals surface area (Å²) >= 11 is 6.17. The second kappa shape index (κ2) is 5.97. The predicted molar refractivity (Wildman–Crippen MR) is 90.2 cm³/mol. The summed E-state index contributed by atoms with van der Waals surface area (Å²) in [7, 11) is 3.26. The molecular formula is C18H14ClFN2O. The van der Waals surface area contributed by atoms with E-state index in [9.17, 15) is 9.18 Å². The highest BCUT2D eigenvalue weighted by Gasteiger charge is 2.13. The number of halogens is 2. The molecule has 1 aromatic heterocycles. The minimum absolute atomic E-state index is 0.235. The second-order valence-electron chi connectivity index (χ2n) is 5.42. The molecule has 3 rings (SSSR count). The third-order valence-electron chi connectivity index (χ3n) is 3.62. The summed E-state index contributed by atoms with van der Waals surface area (Å²) in [4.78, 5) is 17.5.